The maximum Gasteiger partial charge on any atom is 0.235 e. The molecule has 5 nitrogen and oxygen atoms in total. The molecule has 0 saturated carbocycles. The Bertz CT molecular complexity index is 604. The summed E-state index contributed by atoms with van der Waals surface area (Å²) in [6.45, 7) is 0.781. The quantitative estimate of drug-likeness (QED) is 0.914. The van der Waals surface area contributed by atoms with Crippen molar-refractivity contribution in [2.24, 2.45) is 0 Å². The lowest BCUT2D eigenvalue weighted by atomic mass is 10.2. The zero-order valence-corrected chi connectivity index (χ0v) is 10.9. The van der Waals surface area contributed by atoms with Crippen molar-refractivity contribution >= 4 is 15.7 Å². The number of hydrogen-bond donors (Lipinski definition) is 1. The van der Waals surface area contributed by atoms with E-state index in [1.54, 1.807) is 6.07 Å². The Hall–Kier alpha value is -1.65. The zero-order valence-electron chi connectivity index (χ0n) is 10.1. The van der Waals surface area contributed by atoms with Gasteiger partial charge in [0.05, 0.1) is 22.6 Å². The Kier molecular flexibility index (Phi) is 4.02. The van der Waals surface area contributed by atoms with Gasteiger partial charge in [0.15, 0.2) is 0 Å². The van der Waals surface area contributed by atoms with Crippen LogP contribution in [0.2, 0.25) is 0 Å². The number of nitrogens with one attached hydrogen (secondary N) is 1. The van der Waals surface area contributed by atoms with Crippen LogP contribution in [0.5, 0.6) is 0 Å². The van der Waals surface area contributed by atoms with E-state index in [2.05, 4.69) is 4.72 Å². The minimum atomic E-state index is -3.63. The van der Waals surface area contributed by atoms with Crippen LogP contribution in [0.3, 0.4) is 0 Å². The van der Waals surface area contributed by atoms with Crippen LogP contribution >= 0.6 is 0 Å². The van der Waals surface area contributed by atoms with Crippen molar-refractivity contribution in [1.82, 2.24) is 0 Å². The Labute approximate surface area is 111 Å². The molecule has 0 atom stereocenters. The van der Waals surface area contributed by atoms with E-state index in [0.29, 0.717) is 26.1 Å². The second-order valence-corrected chi connectivity index (χ2v) is 6.23. The molecule has 7 heteroatoms. The summed E-state index contributed by atoms with van der Waals surface area (Å²) in [6.07, 6.45) is 0.792. The van der Waals surface area contributed by atoms with Gasteiger partial charge in [0.25, 0.3) is 0 Å². The van der Waals surface area contributed by atoms with E-state index >= 15 is 0 Å². The van der Waals surface area contributed by atoms with Crippen molar-refractivity contribution < 1.29 is 17.5 Å². The molecule has 0 aromatic heterocycles. The van der Waals surface area contributed by atoms with Crippen molar-refractivity contribution in [2.75, 3.05) is 17.9 Å². The normalized spacial score (nSPS) is 16.8. The average Bonchev–Trinajstić information content (AvgIpc) is 2.42. The summed E-state index contributed by atoms with van der Waals surface area (Å²) < 4.78 is 45.1. The lowest BCUT2D eigenvalue weighted by Gasteiger charge is -2.22. The Morgan fingerprint density at radius 2 is 2.05 bits per heavy atom. The molecule has 1 heterocycles. The van der Waals surface area contributed by atoms with Gasteiger partial charge in [-0.05, 0) is 31.0 Å². The van der Waals surface area contributed by atoms with E-state index in [-0.39, 0.29) is 11.3 Å². The number of benzene rings is 1. The van der Waals surface area contributed by atoms with Crippen LogP contribution in [0, 0.1) is 17.1 Å². The minimum Gasteiger partial charge on any atom is -0.381 e. The smallest absolute Gasteiger partial charge is 0.235 e. The highest BCUT2D eigenvalue weighted by atomic mass is 32.2. The highest BCUT2D eigenvalue weighted by molar-refractivity contribution is 7.93. The van der Waals surface area contributed by atoms with Crippen LogP contribution in [0.4, 0.5) is 10.1 Å². The highest BCUT2D eigenvalue weighted by Gasteiger charge is 2.28. The Morgan fingerprint density at radius 1 is 1.37 bits per heavy atom. The number of nitriles is 1. The average molecular weight is 284 g/mol. The summed E-state index contributed by atoms with van der Waals surface area (Å²) in [5.41, 5.74) is 0.0111. The molecule has 2 rings (SSSR count). The summed E-state index contributed by atoms with van der Waals surface area (Å²) in [4.78, 5) is 0. The van der Waals surface area contributed by atoms with Crippen LogP contribution in [-0.4, -0.2) is 26.9 Å². The number of anilines is 1. The fourth-order valence-corrected chi connectivity index (χ4v) is 3.34. The first-order valence-electron chi connectivity index (χ1n) is 5.82. The van der Waals surface area contributed by atoms with Crippen molar-refractivity contribution in [3.8, 4) is 6.07 Å². The van der Waals surface area contributed by atoms with Crippen molar-refractivity contribution in [1.29, 1.82) is 5.26 Å². The first-order valence-corrected chi connectivity index (χ1v) is 7.36. The fourth-order valence-electron chi connectivity index (χ4n) is 1.89. The van der Waals surface area contributed by atoms with Gasteiger partial charge in [0.1, 0.15) is 5.82 Å². The first-order chi connectivity index (χ1) is 9.03. The Morgan fingerprint density at radius 3 is 2.63 bits per heavy atom. The number of hydrogen-bond acceptors (Lipinski definition) is 4. The van der Waals surface area contributed by atoms with Crippen molar-refractivity contribution in [3.05, 3.63) is 29.6 Å². The van der Waals surface area contributed by atoms with Crippen molar-refractivity contribution in [3.63, 3.8) is 0 Å². The molecule has 102 valence electrons. The molecule has 1 fully saturated rings. The van der Waals surface area contributed by atoms with E-state index in [9.17, 15) is 12.8 Å². The number of halogens is 1. The fraction of sp³-hybridized carbons (Fsp3) is 0.417. The van der Waals surface area contributed by atoms with E-state index in [0.717, 1.165) is 6.07 Å². The van der Waals surface area contributed by atoms with Gasteiger partial charge in [-0.2, -0.15) is 5.26 Å². The van der Waals surface area contributed by atoms with Crippen LogP contribution in [0.25, 0.3) is 0 Å². The number of sulfonamides is 1. The molecule has 1 N–H and O–H groups in total. The van der Waals surface area contributed by atoms with Crippen LogP contribution in [0.15, 0.2) is 18.2 Å². The molecule has 1 saturated heterocycles. The van der Waals surface area contributed by atoms with Crippen LogP contribution < -0.4 is 4.72 Å². The van der Waals surface area contributed by atoms with E-state index in [4.69, 9.17) is 10.00 Å². The summed E-state index contributed by atoms with van der Waals surface area (Å²) in [5.74, 6) is -0.755. The van der Waals surface area contributed by atoms with Gasteiger partial charge >= 0.3 is 0 Å². The number of rotatable bonds is 3. The van der Waals surface area contributed by atoms with Gasteiger partial charge in [-0.1, -0.05) is 0 Å². The molecule has 0 bridgehead atoms. The molecule has 0 unspecified atom stereocenters. The third kappa shape index (κ3) is 3.22. The van der Waals surface area contributed by atoms with Gasteiger partial charge in [-0.15, -0.1) is 0 Å². The van der Waals surface area contributed by atoms with Gasteiger partial charge in [-0.25, -0.2) is 12.8 Å². The monoisotopic (exact) mass is 284 g/mol. The summed E-state index contributed by atoms with van der Waals surface area (Å²) >= 11 is 0. The molecule has 1 aromatic carbocycles. The lowest BCUT2D eigenvalue weighted by Crippen LogP contribution is -2.33. The largest absolute Gasteiger partial charge is 0.381 e. The van der Waals surface area contributed by atoms with E-state index < -0.39 is 21.1 Å². The summed E-state index contributed by atoms with van der Waals surface area (Å²) in [6, 6.07) is 5.41. The molecule has 19 heavy (non-hydrogen) atoms. The van der Waals surface area contributed by atoms with Crippen LogP contribution in [-0.2, 0) is 14.8 Å². The maximum atomic E-state index is 13.6. The van der Waals surface area contributed by atoms with E-state index in [1.807, 2.05) is 0 Å². The Balaban J connectivity index is 2.18. The number of ether oxygens (including phenoxy) is 1. The first kappa shape index (κ1) is 13.8. The zero-order chi connectivity index (χ0) is 13.9. The predicted octanol–water partition coefficient (Wildman–Crippen LogP) is 1.62. The molecule has 0 radical (unpaired) electrons. The van der Waals surface area contributed by atoms with Gasteiger partial charge in [0.2, 0.25) is 10.0 Å². The predicted molar refractivity (Wildman–Crippen MR) is 67.5 cm³/mol. The third-order valence-corrected chi connectivity index (χ3v) is 4.81. The topological polar surface area (TPSA) is 79.2 Å². The van der Waals surface area contributed by atoms with Gasteiger partial charge in [0, 0.05) is 13.2 Å². The molecule has 0 aliphatic carbocycles. The molecule has 0 amide bonds. The summed E-state index contributed by atoms with van der Waals surface area (Å²) in [5, 5.41) is 8.05. The second kappa shape index (κ2) is 5.55. The number of nitrogens with zero attached hydrogens (tertiary/aromatic N) is 1. The molecule has 1 aromatic rings. The summed E-state index contributed by atoms with van der Waals surface area (Å²) in [7, 11) is -3.63. The standard InChI is InChI=1S/C12H13FN2O3S/c13-11-7-9(8-14)1-2-12(11)15-19(16,17)10-3-5-18-6-4-10/h1-2,7,10,15H,3-6H2. The molecular weight excluding hydrogens is 271 g/mol. The van der Waals surface area contributed by atoms with Gasteiger partial charge < -0.3 is 4.74 Å². The molecule has 1 aliphatic heterocycles. The second-order valence-electron chi connectivity index (χ2n) is 4.27. The molecule has 1 aliphatic rings. The molecule has 0 spiro atoms. The lowest BCUT2D eigenvalue weighted by molar-refractivity contribution is 0.0984. The van der Waals surface area contributed by atoms with E-state index in [1.165, 1.54) is 12.1 Å². The van der Waals surface area contributed by atoms with Crippen molar-refractivity contribution in [2.45, 2.75) is 18.1 Å². The van der Waals surface area contributed by atoms with Gasteiger partial charge in [-0.3, -0.25) is 4.72 Å². The minimum absolute atomic E-state index is 0.134. The van der Waals surface area contributed by atoms with Crippen LogP contribution in [0.1, 0.15) is 18.4 Å². The SMILES string of the molecule is N#Cc1ccc(NS(=O)(=O)C2CCOCC2)c(F)c1. The third-order valence-electron chi connectivity index (χ3n) is 2.96. The highest BCUT2D eigenvalue weighted by Crippen LogP contribution is 2.22. The maximum absolute atomic E-state index is 13.6. The molecular formula is C12H13FN2O3S.